The molecule has 1 fully saturated rings. The van der Waals surface area contributed by atoms with Gasteiger partial charge in [0.25, 0.3) is 0 Å². The van der Waals surface area contributed by atoms with Crippen molar-refractivity contribution in [3.05, 3.63) is 71.2 Å². The Balaban J connectivity index is 1.51. The lowest BCUT2D eigenvalue weighted by Gasteiger charge is -2.34. The highest BCUT2D eigenvalue weighted by Gasteiger charge is 2.54. The number of nitrogens with zero attached hydrogens (tertiary/aromatic N) is 1. The zero-order valence-electron chi connectivity index (χ0n) is 18.1. The number of rotatable bonds is 6. The van der Waals surface area contributed by atoms with Crippen molar-refractivity contribution in [1.29, 1.82) is 5.41 Å². The number of allylic oxidation sites excluding steroid dienone is 3. The monoisotopic (exact) mass is 423 g/mol. The molecule has 4 rings (SSSR count). The van der Waals surface area contributed by atoms with Crippen LogP contribution in [0.1, 0.15) is 57.2 Å². The third kappa shape index (κ3) is 3.99. The fourth-order valence-corrected chi connectivity index (χ4v) is 4.53. The lowest BCUT2D eigenvalue weighted by molar-refractivity contribution is 0.165. The smallest absolute Gasteiger partial charge is 0.200 e. The molecule has 1 atom stereocenters. The van der Waals surface area contributed by atoms with Gasteiger partial charge in [-0.15, -0.1) is 0 Å². The second-order valence-corrected chi connectivity index (χ2v) is 8.85. The maximum atomic E-state index is 14.3. The van der Waals surface area contributed by atoms with E-state index in [1.807, 2.05) is 26.0 Å². The molecule has 2 heterocycles. The number of hydrogen-bond donors (Lipinski definition) is 2. The summed E-state index contributed by atoms with van der Waals surface area (Å²) in [5.74, 6) is -1.73. The SMILES string of the molecule is C=C(CC1c2ccc(F)c(F)c2OCC12CC2)Nc1ccc(C(C(C)=N)=C(C)C)nc1. The number of halogens is 2. The lowest BCUT2D eigenvalue weighted by atomic mass is 9.78. The van der Waals surface area contributed by atoms with Crippen molar-refractivity contribution in [3.8, 4) is 5.75 Å². The molecule has 31 heavy (non-hydrogen) atoms. The average Bonchev–Trinajstić information content (AvgIpc) is 3.48. The van der Waals surface area contributed by atoms with Crippen LogP contribution in [0.3, 0.4) is 0 Å². The second kappa shape index (κ2) is 7.91. The third-order valence-corrected chi connectivity index (χ3v) is 6.26. The van der Waals surface area contributed by atoms with E-state index in [1.54, 1.807) is 19.2 Å². The van der Waals surface area contributed by atoms with Gasteiger partial charge >= 0.3 is 0 Å². The standard InChI is InChI=1S/C25H27F2N3O/c1-14(2)22(16(4)28)21-8-5-17(12-29-21)30-15(3)11-19-18-6-7-20(26)23(27)24(18)31-13-25(19)9-10-25/h5-8,12,19,28,30H,3,9-11,13H2,1-2,4H3. The van der Waals surface area contributed by atoms with E-state index in [2.05, 4.69) is 16.9 Å². The Morgan fingerprint density at radius 1 is 1.23 bits per heavy atom. The molecule has 0 bridgehead atoms. The van der Waals surface area contributed by atoms with Gasteiger partial charge in [0.1, 0.15) is 0 Å². The van der Waals surface area contributed by atoms with Crippen molar-refractivity contribution in [2.75, 3.05) is 11.9 Å². The minimum Gasteiger partial charge on any atom is -0.489 e. The summed E-state index contributed by atoms with van der Waals surface area (Å²) in [6, 6.07) is 6.62. The van der Waals surface area contributed by atoms with Crippen molar-refractivity contribution in [2.45, 2.75) is 46.0 Å². The van der Waals surface area contributed by atoms with Crippen LogP contribution < -0.4 is 10.1 Å². The predicted octanol–water partition coefficient (Wildman–Crippen LogP) is 6.46. The molecule has 4 nitrogen and oxygen atoms in total. The molecular weight excluding hydrogens is 396 g/mol. The Kier molecular flexibility index (Phi) is 5.42. The fraction of sp³-hybridized carbons (Fsp3) is 0.360. The molecule has 1 unspecified atom stereocenters. The van der Waals surface area contributed by atoms with E-state index in [4.69, 9.17) is 10.1 Å². The van der Waals surface area contributed by atoms with Gasteiger partial charge in [-0.3, -0.25) is 4.98 Å². The maximum absolute atomic E-state index is 14.3. The van der Waals surface area contributed by atoms with Gasteiger partial charge in [-0.1, -0.05) is 18.2 Å². The largest absolute Gasteiger partial charge is 0.489 e. The van der Waals surface area contributed by atoms with Crippen LogP contribution in [0.5, 0.6) is 5.75 Å². The summed E-state index contributed by atoms with van der Waals surface area (Å²) in [4.78, 5) is 4.51. The summed E-state index contributed by atoms with van der Waals surface area (Å²) in [6.07, 6.45) is 4.34. The zero-order valence-corrected chi connectivity index (χ0v) is 18.1. The highest BCUT2D eigenvalue weighted by Crippen LogP contribution is 2.62. The molecule has 2 aromatic rings. The van der Waals surface area contributed by atoms with E-state index in [-0.39, 0.29) is 17.1 Å². The van der Waals surface area contributed by atoms with Crippen molar-refractivity contribution in [1.82, 2.24) is 4.98 Å². The number of fused-ring (bicyclic) bond motifs is 1. The van der Waals surface area contributed by atoms with Crippen LogP contribution in [-0.2, 0) is 0 Å². The summed E-state index contributed by atoms with van der Waals surface area (Å²) < 4.78 is 33.6. The van der Waals surface area contributed by atoms with Gasteiger partial charge < -0.3 is 15.5 Å². The molecule has 1 spiro atoms. The van der Waals surface area contributed by atoms with Crippen molar-refractivity contribution < 1.29 is 13.5 Å². The van der Waals surface area contributed by atoms with Crippen LogP contribution in [0.25, 0.3) is 5.57 Å². The van der Waals surface area contributed by atoms with E-state index in [0.29, 0.717) is 24.3 Å². The summed E-state index contributed by atoms with van der Waals surface area (Å²) in [7, 11) is 0. The average molecular weight is 424 g/mol. The van der Waals surface area contributed by atoms with E-state index < -0.39 is 11.6 Å². The predicted molar refractivity (Wildman–Crippen MR) is 120 cm³/mol. The second-order valence-electron chi connectivity index (χ2n) is 8.85. The molecule has 162 valence electrons. The lowest BCUT2D eigenvalue weighted by Crippen LogP contribution is -2.29. The summed E-state index contributed by atoms with van der Waals surface area (Å²) in [5.41, 5.74) is 5.40. The highest BCUT2D eigenvalue weighted by atomic mass is 19.2. The number of ether oxygens (including phenoxy) is 1. The molecule has 2 aliphatic rings. The number of nitrogens with one attached hydrogen (secondary N) is 2. The van der Waals surface area contributed by atoms with Crippen molar-refractivity contribution in [3.63, 3.8) is 0 Å². The topological polar surface area (TPSA) is 58.0 Å². The zero-order chi connectivity index (χ0) is 22.3. The Bertz CT molecular complexity index is 1080. The van der Waals surface area contributed by atoms with Gasteiger partial charge in [-0.2, -0.15) is 4.39 Å². The number of aromatic nitrogens is 1. The van der Waals surface area contributed by atoms with Crippen LogP contribution in [0.15, 0.2) is 48.3 Å². The van der Waals surface area contributed by atoms with Gasteiger partial charge in [0.15, 0.2) is 11.6 Å². The van der Waals surface area contributed by atoms with Gasteiger partial charge in [-0.05, 0) is 58.2 Å². The van der Waals surface area contributed by atoms with Gasteiger partial charge in [0, 0.05) is 33.9 Å². The van der Waals surface area contributed by atoms with Gasteiger partial charge in [0.2, 0.25) is 5.82 Å². The van der Waals surface area contributed by atoms with Crippen LogP contribution >= 0.6 is 0 Å². The van der Waals surface area contributed by atoms with E-state index in [1.165, 1.54) is 6.07 Å². The maximum Gasteiger partial charge on any atom is 0.200 e. The first-order chi connectivity index (χ1) is 14.7. The van der Waals surface area contributed by atoms with Gasteiger partial charge in [0.05, 0.1) is 24.2 Å². The third-order valence-electron chi connectivity index (χ3n) is 6.26. The minimum absolute atomic E-state index is 0.0240. The molecule has 1 aromatic heterocycles. The number of hydrogen-bond acceptors (Lipinski definition) is 4. The summed E-state index contributed by atoms with van der Waals surface area (Å²) >= 11 is 0. The Morgan fingerprint density at radius 2 is 1.97 bits per heavy atom. The molecule has 0 amide bonds. The molecular formula is C25H27F2N3O. The molecule has 0 radical (unpaired) electrons. The summed E-state index contributed by atoms with van der Waals surface area (Å²) in [6.45, 7) is 10.3. The van der Waals surface area contributed by atoms with Crippen LogP contribution in [0, 0.1) is 22.5 Å². The Morgan fingerprint density at radius 3 is 2.55 bits per heavy atom. The molecule has 2 N–H and O–H groups in total. The normalized spacial score (nSPS) is 18.0. The number of pyridine rings is 1. The van der Waals surface area contributed by atoms with E-state index >= 15 is 0 Å². The molecule has 6 heteroatoms. The quantitative estimate of drug-likeness (QED) is 0.524. The Hall–Kier alpha value is -3.02. The molecule has 1 saturated carbocycles. The molecule has 1 aliphatic heterocycles. The number of benzene rings is 1. The van der Waals surface area contributed by atoms with Crippen LogP contribution in [0.2, 0.25) is 0 Å². The fourth-order valence-electron chi connectivity index (χ4n) is 4.53. The van der Waals surface area contributed by atoms with Crippen LogP contribution in [-0.4, -0.2) is 17.3 Å². The molecule has 0 saturated heterocycles. The van der Waals surface area contributed by atoms with E-state index in [0.717, 1.165) is 41.1 Å². The minimum atomic E-state index is -0.909. The first-order valence-corrected chi connectivity index (χ1v) is 10.5. The van der Waals surface area contributed by atoms with Crippen molar-refractivity contribution >= 4 is 17.0 Å². The molecule has 1 aliphatic carbocycles. The van der Waals surface area contributed by atoms with Gasteiger partial charge in [-0.25, -0.2) is 4.39 Å². The van der Waals surface area contributed by atoms with E-state index in [9.17, 15) is 8.78 Å². The van der Waals surface area contributed by atoms with Crippen molar-refractivity contribution in [2.24, 2.45) is 5.41 Å². The van der Waals surface area contributed by atoms with Crippen LogP contribution in [0.4, 0.5) is 14.5 Å². The first-order valence-electron chi connectivity index (χ1n) is 10.5. The first kappa shape index (κ1) is 21.2. The summed E-state index contributed by atoms with van der Waals surface area (Å²) in [5, 5.41) is 11.3. The number of anilines is 1. The Labute approximate surface area is 181 Å². The molecule has 1 aromatic carbocycles. The highest BCUT2D eigenvalue weighted by molar-refractivity contribution is 6.21.